The average molecular weight is 165 g/mol. The fourth-order valence-electron chi connectivity index (χ4n) is 1.09. The maximum absolute atomic E-state index is 5.92. The molecule has 0 bridgehead atoms. The predicted molar refractivity (Wildman–Crippen MR) is 49.8 cm³/mol. The summed E-state index contributed by atoms with van der Waals surface area (Å²) in [5.74, 6) is 0. The van der Waals surface area contributed by atoms with Gasteiger partial charge in [-0.15, -0.1) is 0 Å². The predicted octanol–water partition coefficient (Wildman–Crippen LogP) is 1.72. The van der Waals surface area contributed by atoms with Gasteiger partial charge in [0.2, 0.25) is 0 Å². The number of benzene rings is 1. The molecule has 2 atom stereocenters. The summed E-state index contributed by atoms with van der Waals surface area (Å²) in [7, 11) is 1.67. The SMILES string of the molecule is COC(C)C(N)c1ccccc1. The van der Waals surface area contributed by atoms with Gasteiger partial charge in [0.1, 0.15) is 0 Å². The maximum Gasteiger partial charge on any atom is 0.0735 e. The van der Waals surface area contributed by atoms with E-state index in [1.54, 1.807) is 7.11 Å². The van der Waals surface area contributed by atoms with Crippen LogP contribution in [-0.2, 0) is 4.74 Å². The summed E-state index contributed by atoms with van der Waals surface area (Å²) in [4.78, 5) is 0. The van der Waals surface area contributed by atoms with Crippen molar-refractivity contribution >= 4 is 0 Å². The molecule has 0 fully saturated rings. The third-order valence-electron chi connectivity index (χ3n) is 2.06. The number of hydrogen-bond donors (Lipinski definition) is 1. The van der Waals surface area contributed by atoms with E-state index < -0.39 is 0 Å². The van der Waals surface area contributed by atoms with Gasteiger partial charge < -0.3 is 10.5 Å². The van der Waals surface area contributed by atoms with Gasteiger partial charge >= 0.3 is 0 Å². The lowest BCUT2D eigenvalue weighted by Crippen LogP contribution is -2.24. The Morgan fingerprint density at radius 3 is 2.33 bits per heavy atom. The normalized spacial score (nSPS) is 15.6. The van der Waals surface area contributed by atoms with E-state index in [4.69, 9.17) is 10.5 Å². The van der Waals surface area contributed by atoms with Crippen LogP contribution in [-0.4, -0.2) is 13.2 Å². The number of rotatable bonds is 3. The molecular weight excluding hydrogens is 150 g/mol. The van der Waals surface area contributed by atoms with E-state index in [0.29, 0.717) is 0 Å². The number of ether oxygens (including phenoxy) is 1. The van der Waals surface area contributed by atoms with Gasteiger partial charge in [0, 0.05) is 7.11 Å². The van der Waals surface area contributed by atoms with Gasteiger partial charge in [-0.3, -0.25) is 0 Å². The summed E-state index contributed by atoms with van der Waals surface area (Å²) >= 11 is 0. The minimum absolute atomic E-state index is 0.0313. The molecule has 2 heteroatoms. The van der Waals surface area contributed by atoms with E-state index in [9.17, 15) is 0 Å². The number of hydrogen-bond acceptors (Lipinski definition) is 2. The highest BCUT2D eigenvalue weighted by atomic mass is 16.5. The van der Waals surface area contributed by atoms with Crippen LogP contribution < -0.4 is 5.73 Å². The van der Waals surface area contributed by atoms with Crippen molar-refractivity contribution in [1.82, 2.24) is 0 Å². The van der Waals surface area contributed by atoms with Crippen molar-refractivity contribution in [2.45, 2.75) is 19.1 Å². The van der Waals surface area contributed by atoms with Gasteiger partial charge in [0.15, 0.2) is 0 Å². The van der Waals surface area contributed by atoms with Gasteiger partial charge in [-0.05, 0) is 12.5 Å². The number of nitrogens with two attached hydrogens (primary N) is 1. The molecule has 1 aromatic carbocycles. The van der Waals surface area contributed by atoms with Crippen LogP contribution in [0.4, 0.5) is 0 Å². The lowest BCUT2D eigenvalue weighted by molar-refractivity contribution is 0.0957. The summed E-state index contributed by atoms with van der Waals surface area (Å²) in [6, 6.07) is 9.94. The standard InChI is InChI=1S/C10H15NO/c1-8(12-2)10(11)9-6-4-3-5-7-9/h3-8,10H,11H2,1-2H3. The van der Waals surface area contributed by atoms with Crippen molar-refractivity contribution in [2.24, 2.45) is 5.73 Å². The summed E-state index contributed by atoms with van der Waals surface area (Å²) in [6.45, 7) is 1.97. The van der Waals surface area contributed by atoms with Crippen molar-refractivity contribution < 1.29 is 4.74 Å². The summed E-state index contributed by atoms with van der Waals surface area (Å²) < 4.78 is 5.14. The molecule has 0 saturated heterocycles. The largest absolute Gasteiger partial charge is 0.380 e. The van der Waals surface area contributed by atoms with Gasteiger partial charge in [0.25, 0.3) is 0 Å². The van der Waals surface area contributed by atoms with Crippen molar-refractivity contribution in [3.8, 4) is 0 Å². The fraction of sp³-hybridized carbons (Fsp3) is 0.400. The second-order valence-electron chi connectivity index (χ2n) is 2.88. The van der Waals surface area contributed by atoms with E-state index in [1.807, 2.05) is 37.3 Å². The fourth-order valence-corrected chi connectivity index (χ4v) is 1.09. The minimum atomic E-state index is -0.0313. The summed E-state index contributed by atoms with van der Waals surface area (Å²) in [6.07, 6.45) is 0.0624. The Kier molecular flexibility index (Phi) is 3.26. The van der Waals surface area contributed by atoms with Gasteiger partial charge in [-0.2, -0.15) is 0 Å². The van der Waals surface area contributed by atoms with Crippen molar-refractivity contribution in [3.63, 3.8) is 0 Å². The van der Waals surface area contributed by atoms with E-state index in [1.165, 1.54) is 0 Å². The summed E-state index contributed by atoms with van der Waals surface area (Å²) in [5, 5.41) is 0. The van der Waals surface area contributed by atoms with Crippen LogP contribution in [0.15, 0.2) is 30.3 Å². The van der Waals surface area contributed by atoms with Crippen LogP contribution in [0.3, 0.4) is 0 Å². The third kappa shape index (κ3) is 2.06. The molecule has 2 unspecified atom stereocenters. The average Bonchev–Trinajstić information content (AvgIpc) is 2.17. The monoisotopic (exact) mass is 165 g/mol. The van der Waals surface area contributed by atoms with E-state index in [0.717, 1.165) is 5.56 Å². The van der Waals surface area contributed by atoms with Gasteiger partial charge in [-0.1, -0.05) is 30.3 Å². The molecule has 1 aromatic rings. The molecule has 0 saturated carbocycles. The van der Waals surface area contributed by atoms with E-state index in [2.05, 4.69) is 0 Å². The topological polar surface area (TPSA) is 35.2 Å². The molecule has 0 radical (unpaired) electrons. The molecule has 2 nitrogen and oxygen atoms in total. The van der Waals surface area contributed by atoms with Crippen LogP contribution in [0.1, 0.15) is 18.5 Å². The van der Waals surface area contributed by atoms with Crippen LogP contribution in [0.5, 0.6) is 0 Å². The minimum Gasteiger partial charge on any atom is -0.380 e. The molecule has 1 rings (SSSR count). The van der Waals surface area contributed by atoms with Crippen molar-refractivity contribution in [2.75, 3.05) is 7.11 Å². The molecule has 0 aliphatic carbocycles. The first kappa shape index (κ1) is 9.23. The molecule has 0 heterocycles. The molecule has 12 heavy (non-hydrogen) atoms. The lowest BCUT2D eigenvalue weighted by atomic mass is 10.0. The molecule has 0 aliphatic rings. The first-order valence-electron chi connectivity index (χ1n) is 4.09. The van der Waals surface area contributed by atoms with Gasteiger partial charge in [0.05, 0.1) is 12.1 Å². The van der Waals surface area contributed by atoms with Gasteiger partial charge in [-0.25, -0.2) is 0 Å². The highest BCUT2D eigenvalue weighted by Crippen LogP contribution is 2.14. The molecular formula is C10H15NO. The third-order valence-corrected chi connectivity index (χ3v) is 2.06. The Balaban J connectivity index is 2.71. The van der Waals surface area contributed by atoms with Crippen molar-refractivity contribution in [1.29, 1.82) is 0 Å². The Morgan fingerprint density at radius 2 is 1.83 bits per heavy atom. The first-order valence-corrected chi connectivity index (χ1v) is 4.09. The lowest BCUT2D eigenvalue weighted by Gasteiger charge is -2.18. The quantitative estimate of drug-likeness (QED) is 0.740. The Bertz CT molecular complexity index is 223. The summed E-state index contributed by atoms with van der Waals surface area (Å²) in [5.41, 5.74) is 7.04. The van der Waals surface area contributed by atoms with Crippen LogP contribution in [0, 0.1) is 0 Å². The van der Waals surface area contributed by atoms with Crippen molar-refractivity contribution in [3.05, 3.63) is 35.9 Å². The van der Waals surface area contributed by atoms with E-state index >= 15 is 0 Å². The zero-order chi connectivity index (χ0) is 8.97. The molecule has 0 aromatic heterocycles. The molecule has 0 spiro atoms. The smallest absolute Gasteiger partial charge is 0.0735 e. The zero-order valence-corrected chi connectivity index (χ0v) is 7.53. The molecule has 66 valence electrons. The zero-order valence-electron chi connectivity index (χ0n) is 7.53. The van der Waals surface area contributed by atoms with E-state index in [-0.39, 0.29) is 12.1 Å². The second kappa shape index (κ2) is 4.24. The Hall–Kier alpha value is -0.860. The molecule has 0 aliphatic heterocycles. The van der Waals surface area contributed by atoms with Crippen LogP contribution in [0.2, 0.25) is 0 Å². The van der Waals surface area contributed by atoms with Crippen LogP contribution >= 0.6 is 0 Å². The Labute approximate surface area is 73.3 Å². The maximum atomic E-state index is 5.92. The molecule has 2 N–H and O–H groups in total. The second-order valence-corrected chi connectivity index (χ2v) is 2.88. The molecule has 0 amide bonds. The number of methoxy groups -OCH3 is 1. The highest BCUT2D eigenvalue weighted by molar-refractivity contribution is 5.19. The van der Waals surface area contributed by atoms with Crippen LogP contribution in [0.25, 0.3) is 0 Å². The first-order chi connectivity index (χ1) is 5.75. The highest BCUT2D eigenvalue weighted by Gasteiger charge is 2.12. The Morgan fingerprint density at radius 1 is 1.25 bits per heavy atom.